The number of halogens is 2. The average Bonchev–Trinajstić information content (AvgIpc) is 3.17. The van der Waals surface area contributed by atoms with Crippen molar-refractivity contribution in [2.75, 3.05) is 32.1 Å². The van der Waals surface area contributed by atoms with E-state index in [2.05, 4.69) is 25.3 Å². The summed E-state index contributed by atoms with van der Waals surface area (Å²) in [6, 6.07) is 1.67. The number of carbonyl (C=O) groups is 1. The van der Waals surface area contributed by atoms with Gasteiger partial charge in [-0.3, -0.25) is 4.79 Å². The van der Waals surface area contributed by atoms with Crippen LogP contribution in [0.2, 0.25) is 5.02 Å². The van der Waals surface area contributed by atoms with Crippen LogP contribution in [-0.2, 0) is 9.53 Å². The predicted molar refractivity (Wildman–Crippen MR) is 112 cm³/mol. The van der Waals surface area contributed by atoms with Crippen molar-refractivity contribution in [3.05, 3.63) is 35.5 Å². The van der Waals surface area contributed by atoms with E-state index in [0.717, 1.165) is 24.4 Å². The molecule has 1 aliphatic rings. The van der Waals surface area contributed by atoms with Gasteiger partial charge in [0.05, 0.1) is 24.2 Å². The predicted octanol–water partition coefficient (Wildman–Crippen LogP) is 3.25. The lowest BCUT2D eigenvalue weighted by molar-refractivity contribution is -0.133. The van der Waals surface area contributed by atoms with Gasteiger partial charge in [-0.2, -0.15) is 0 Å². The van der Waals surface area contributed by atoms with Crippen molar-refractivity contribution < 1.29 is 13.9 Å². The van der Waals surface area contributed by atoms with Gasteiger partial charge in [-0.05, 0) is 18.9 Å². The van der Waals surface area contributed by atoms with Crippen molar-refractivity contribution in [3.63, 3.8) is 0 Å². The lowest BCUT2D eigenvalue weighted by Gasteiger charge is -2.33. The summed E-state index contributed by atoms with van der Waals surface area (Å²) in [7, 11) is 1.57. The first-order valence-electron chi connectivity index (χ1n) is 9.74. The molecule has 1 fully saturated rings. The smallest absolute Gasteiger partial charge is 0.224 e. The zero-order chi connectivity index (χ0) is 21.1. The Hall–Kier alpha value is -2.78. The summed E-state index contributed by atoms with van der Waals surface area (Å²) >= 11 is 6.06. The second-order valence-electron chi connectivity index (χ2n) is 7.21. The molecule has 4 heterocycles. The highest BCUT2D eigenvalue weighted by Gasteiger charge is 2.25. The summed E-state index contributed by atoms with van der Waals surface area (Å²) in [5, 5.41) is 4.40. The topological polar surface area (TPSA) is 96.0 Å². The van der Waals surface area contributed by atoms with E-state index in [0.29, 0.717) is 48.2 Å². The molecule has 8 nitrogen and oxygen atoms in total. The Bertz CT molecular complexity index is 1060. The van der Waals surface area contributed by atoms with E-state index in [1.807, 2.05) is 0 Å². The van der Waals surface area contributed by atoms with Crippen LogP contribution in [0.25, 0.3) is 22.4 Å². The van der Waals surface area contributed by atoms with Crippen molar-refractivity contribution in [1.82, 2.24) is 24.8 Å². The summed E-state index contributed by atoms with van der Waals surface area (Å²) < 4.78 is 19.4. The number of hydrogen-bond acceptors (Lipinski definition) is 6. The van der Waals surface area contributed by atoms with Crippen LogP contribution >= 0.6 is 11.6 Å². The standard InChI is InChI=1S/C20H22ClFN6O2/c1-30-6-4-17(29)28-5-2-3-13(11-28)26-20-16(22)10-25-19(27-20)15-9-24-18-14(15)7-12(21)8-23-18/h7-10,13H,2-6,11H2,1H3,(H,23,24)(H,25,26,27)/t13-/m1/s1. The van der Waals surface area contributed by atoms with Gasteiger partial charge < -0.3 is 19.9 Å². The van der Waals surface area contributed by atoms with E-state index in [4.69, 9.17) is 16.3 Å². The van der Waals surface area contributed by atoms with Crippen LogP contribution in [-0.4, -0.2) is 63.6 Å². The second kappa shape index (κ2) is 8.93. The highest BCUT2D eigenvalue weighted by molar-refractivity contribution is 6.31. The number of likely N-dealkylation sites (tertiary alicyclic amines) is 1. The first-order valence-corrected chi connectivity index (χ1v) is 10.1. The zero-order valence-electron chi connectivity index (χ0n) is 16.5. The molecule has 1 amide bonds. The van der Waals surface area contributed by atoms with Crippen LogP contribution in [0.1, 0.15) is 19.3 Å². The van der Waals surface area contributed by atoms with E-state index in [-0.39, 0.29) is 17.8 Å². The number of nitrogens with one attached hydrogen (secondary N) is 2. The molecule has 158 valence electrons. The minimum absolute atomic E-state index is 0.0374. The van der Waals surface area contributed by atoms with Gasteiger partial charge in [0.25, 0.3) is 0 Å². The molecular weight excluding hydrogens is 411 g/mol. The third kappa shape index (κ3) is 4.36. The van der Waals surface area contributed by atoms with E-state index in [1.54, 1.807) is 30.5 Å². The number of pyridine rings is 1. The van der Waals surface area contributed by atoms with Gasteiger partial charge in [-0.25, -0.2) is 19.3 Å². The third-order valence-electron chi connectivity index (χ3n) is 5.12. The maximum absolute atomic E-state index is 14.4. The Kier molecular flexibility index (Phi) is 6.10. The molecule has 0 aliphatic carbocycles. The molecule has 10 heteroatoms. The fraction of sp³-hybridized carbons (Fsp3) is 0.400. The van der Waals surface area contributed by atoms with Crippen molar-refractivity contribution in [2.24, 2.45) is 0 Å². The number of carbonyl (C=O) groups excluding carboxylic acids is 1. The number of ether oxygens (including phenoxy) is 1. The maximum atomic E-state index is 14.4. The molecule has 0 spiro atoms. The fourth-order valence-corrected chi connectivity index (χ4v) is 3.78. The largest absolute Gasteiger partial charge is 0.384 e. The molecule has 0 unspecified atom stereocenters. The monoisotopic (exact) mass is 432 g/mol. The molecule has 0 radical (unpaired) electrons. The van der Waals surface area contributed by atoms with Crippen LogP contribution in [0, 0.1) is 5.82 Å². The third-order valence-corrected chi connectivity index (χ3v) is 5.32. The van der Waals surface area contributed by atoms with Crippen LogP contribution in [0.4, 0.5) is 10.2 Å². The van der Waals surface area contributed by atoms with Crippen LogP contribution in [0.3, 0.4) is 0 Å². The lowest BCUT2D eigenvalue weighted by atomic mass is 10.1. The first-order chi connectivity index (χ1) is 14.5. The van der Waals surface area contributed by atoms with Crippen molar-refractivity contribution in [1.29, 1.82) is 0 Å². The van der Waals surface area contributed by atoms with Crippen molar-refractivity contribution in [2.45, 2.75) is 25.3 Å². The number of aromatic amines is 1. The number of anilines is 1. The number of amides is 1. The lowest BCUT2D eigenvalue weighted by Crippen LogP contribution is -2.45. The second-order valence-corrected chi connectivity index (χ2v) is 7.64. The highest BCUT2D eigenvalue weighted by Crippen LogP contribution is 2.28. The summed E-state index contributed by atoms with van der Waals surface area (Å²) in [5.41, 5.74) is 1.33. The number of aromatic nitrogens is 4. The molecule has 30 heavy (non-hydrogen) atoms. The Morgan fingerprint density at radius 2 is 2.30 bits per heavy atom. The van der Waals surface area contributed by atoms with Gasteiger partial charge in [-0.1, -0.05) is 11.6 Å². The molecule has 1 aliphatic heterocycles. The number of nitrogens with zero attached hydrogens (tertiary/aromatic N) is 4. The Labute approximate surface area is 177 Å². The Balaban J connectivity index is 1.53. The van der Waals surface area contributed by atoms with Gasteiger partial charge in [0.1, 0.15) is 5.65 Å². The molecule has 4 rings (SSSR count). The number of piperidine rings is 1. The van der Waals surface area contributed by atoms with Crippen LogP contribution in [0.15, 0.2) is 24.7 Å². The number of fused-ring (bicyclic) bond motifs is 1. The van der Waals surface area contributed by atoms with Crippen LogP contribution < -0.4 is 5.32 Å². The van der Waals surface area contributed by atoms with Gasteiger partial charge in [0.15, 0.2) is 17.5 Å². The number of rotatable bonds is 6. The Morgan fingerprint density at radius 1 is 1.43 bits per heavy atom. The minimum Gasteiger partial charge on any atom is -0.384 e. The normalized spacial score (nSPS) is 16.8. The highest BCUT2D eigenvalue weighted by atomic mass is 35.5. The number of hydrogen-bond donors (Lipinski definition) is 2. The average molecular weight is 433 g/mol. The van der Waals surface area contributed by atoms with E-state index in [1.165, 1.54) is 0 Å². The molecule has 1 atom stereocenters. The van der Waals surface area contributed by atoms with Gasteiger partial charge in [-0.15, -0.1) is 0 Å². The summed E-state index contributed by atoms with van der Waals surface area (Å²) in [5.74, 6) is -0.0356. The van der Waals surface area contributed by atoms with Gasteiger partial charge in [0.2, 0.25) is 5.91 Å². The van der Waals surface area contributed by atoms with Gasteiger partial charge >= 0.3 is 0 Å². The molecule has 2 N–H and O–H groups in total. The summed E-state index contributed by atoms with van der Waals surface area (Å²) in [4.78, 5) is 29.9. The number of H-pyrrole nitrogens is 1. The van der Waals surface area contributed by atoms with Crippen LogP contribution in [0.5, 0.6) is 0 Å². The molecule has 1 saturated heterocycles. The summed E-state index contributed by atoms with van der Waals surface area (Å²) in [6.07, 6.45) is 6.41. The Morgan fingerprint density at radius 3 is 3.13 bits per heavy atom. The molecule has 3 aromatic heterocycles. The van der Waals surface area contributed by atoms with E-state index >= 15 is 0 Å². The summed E-state index contributed by atoms with van der Waals surface area (Å²) in [6.45, 7) is 1.58. The van der Waals surface area contributed by atoms with E-state index < -0.39 is 5.82 Å². The van der Waals surface area contributed by atoms with Gasteiger partial charge in [0, 0.05) is 49.6 Å². The zero-order valence-corrected chi connectivity index (χ0v) is 17.2. The number of methoxy groups -OCH3 is 1. The SMILES string of the molecule is COCCC(=O)N1CCC[C@@H](Nc2nc(-c3c[nH]c4ncc(Cl)cc34)ncc2F)C1. The molecule has 0 bridgehead atoms. The fourth-order valence-electron chi connectivity index (χ4n) is 3.62. The molecule has 0 aromatic carbocycles. The molecular formula is C20H22ClFN6O2. The van der Waals surface area contributed by atoms with Crippen molar-refractivity contribution in [3.8, 4) is 11.4 Å². The maximum Gasteiger partial charge on any atom is 0.224 e. The van der Waals surface area contributed by atoms with E-state index in [9.17, 15) is 9.18 Å². The molecule has 3 aromatic rings. The van der Waals surface area contributed by atoms with Crippen molar-refractivity contribution >= 4 is 34.4 Å². The molecule has 0 saturated carbocycles. The minimum atomic E-state index is -0.544. The first kappa shape index (κ1) is 20.5. The quantitative estimate of drug-likeness (QED) is 0.620.